The molecule has 3 rings (SSSR count). The maximum atomic E-state index is 12.2. The predicted octanol–water partition coefficient (Wildman–Crippen LogP) is 1.96. The minimum Gasteiger partial charge on any atom is -0.355 e. The number of carbonyl (C=O) groups is 1. The van der Waals surface area contributed by atoms with E-state index in [0.29, 0.717) is 18.4 Å². The van der Waals surface area contributed by atoms with Gasteiger partial charge in [0.05, 0.1) is 5.92 Å². The standard InChI is InChI=1S/C15H21N3O.2ClH/c16-14-12-4-3-11(8-12)13(14)15(19)18-7-5-10-2-1-6-17-9-10;;/h1-2,6,9,11-14H,3-5,7-8,16H2,(H,18,19);2*1H. The molecule has 0 aliphatic heterocycles. The number of carbonyl (C=O) groups excluding carboxylic acids is 1. The molecule has 0 saturated heterocycles. The summed E-state index contributed by atoms with van der Waals surface area (Å²) in [6.07, 6.45) is 7.98. The number of nitrogens with zero attached hydrogens (tertiary/aromatic N) is 1. The Kier molecular flexibility index (Phi) is 6.91. The van der Waals surface area contributed by atoms with E-state index in [1.807, 2.05) is 18.3 Å². The summed E-state index contributed by atoms with van der Waals surface area (Å²) in [5.74, 6) is 1.31. The van der Waals surface area contributed by atoms with Crippen LogP contribution in [0.4, 0.5) is 0 Å². The minimum absolute atomic E-state index is 0. The molecule has 1 amide bonds. The average Bonchev–Trinajstić information content (AvgIpc) is 3.00. The van der Waals surface area contributed by atoms with Gasteiger partial charge in [-0.25, -0.2) is 0 Å². The van der Waals surface area contributed by atoms with Gasteiger partial charge in [-0.3, -0.25) is 9.78 Å². The van der Waals surface area contributed by atoms with Crippen molar-refractivity contribution in [3.05, 3.63) is 30.1 Å². The zero-order valence-electron chi connectivity index (χ0n) is 11.9. The van der Waals surface area contributed by atoms with Crippen LogP contribution in [0.5, 0.6) is 0 Å². The Bertz CT molecular complexity index is 455. The van der Waals surface area contributed by atoms with Gasteiger partial charge in [0.25, 0.3) is 0 Å². The van der Waals surface area contributed by atoms with Crippen molar-refractivity contribution < 1.29 is 4.79 Å². The van der Waals surface area contributed by atoms with Crippen molar-refractivity contribution >= 4 is 30.7 Å². The van der Waals surface area contributed by atoms with E-state index in [9.17, 15) is 4.79 Å². The van der Waals surface area contributed by atoms with Gasteiger partial charge < -0.3 is 11.1 Å². The maximum Gasteiger partial charge on any atom is 0.224 e. The average molecular weight is 332 g/mol. The number of pyridine rings is 1. The van der Waals surface area contributed by atoms with Gasteiger partial charge in [-0.2, -0.15) is 0 Å². The second-order valence-corrected chi connectivity index (χ2v) is 5.84. The topological polar surface area (TPSA) is 68.0 Å². The molecule has 3 N–H and O–H groups in total. The quantitative estimate of drug-likeness (QED) is 0.886. The zero-order chi connectivity index (χ0) is 13.2. The second-order valence-electron chi connectivity index (χ2n) is 5.84. The second kappa shape index (κ2) is 7.97. The molecule has 0 spiro atoms. The molecule has 1 aromatic rings. The normalized spacial score (nSPS) is 29.4. The van der Waals surface area contributed by atoms with E-state index in [2.05, 4.69) is 10.3 Å². The highest BCUT2D eigenvalue weighted by Gasteiger charge is 2.48. The highest BCUT2D eigenvalue weighted by molar-refractivity contribution is 5.85. The molecule has 4 unspecified atom stereocenters. The summed E-state index contributed by atoms with van der Waals surface area (Å²) in [6, 6.07) is 4.03. The molecular weight excluding hydrogens is 309 g/mol. The van der Waals surface area contributed by atoms with Crippen LogP contribution < -0.4 is 11.1 Å². The fourth-order valence-corrected chi connectivity index (χ4v) is 3.72. The molecule has 4 atom stereocenters. The molecule has 1 aromatic heterocycles. The first kappa shape index (κ1) is 18.2. The smallest absolute Gasteiger partial charge is 0.224 e. The third-order valence-corrected chi connectivity index (χ3v) is 4.72. The largest absolute Gasteiger partial charge is 0.355 e. The predicted molar refractivity (Wildman–Crippen MR) is 87.7 cm³/mol. The Hall–Kier alpha value is -0.840. The zero-order valence-corrected chi connectivity index (χ0v) is 13.5. The van der Waals surface area contributed by atoms with Crippen LogP contribution in [-0.4, -0.2) is 23.5 Å². The summed E-state index contributed by atoms with van der Waals surface area (Å²) in [6.45, 7) is 0.672. The molecule has 0 radical (unpaired) electrons. The first-order valence-corrected chi connectivity index (χ1v) is 7.18. The van der Waals surface area contributed by atoms with Crippen molar-refractivity contribution in [1.29, 1.82) is 0 Å². The molecule has 2 saturated carbocycles. The van der Waals surface area contributed by atoms with Crippen LogP contribution in [0, 0.1) is 17.8 Å². The van der Waals surface area contributed by atoms with Crippen LogP contribution in [0.1, 0.15) is 24.8 Å². The number of nitrogens with two attached hydrogens (primary N) is 1. The SMILES string of the molecule is Cl.Cl.NC1C2CCC(C2)C1C(=O)NCCc1cccnc1. The van der Waals surface area contributed by atoms with Gasteiger partial charge in [-0.15, -0.1) is 24.8 Å². The van der Waals surface area contributed by atoms with Gasteiger partial charge in [-0.05, 0) is 49.1 Å². The van der Waals surface area contributed by atoms with E-state index in [1.54, 1.807) is 6.20 Å². The number of hydrogen-bond donors (Lipinski definition) is 2. The number of amides is 1. The lowest BCUT2D eigenvalue weighted by Crippen LogP contribution is -2.45. The Balaban J connectivity index is 0.00000110. The van der Waals surface area contributed by atoms with E-state index in [0.717, 1.165) is 18.4 Å². The first-order chi connectivity index (χ1) is 9.25. The number of halogens is 2. The van der Waals surface area contributed by atoms with Crippen LogP contribution >= 0.6 is 24.8 Å². The summed E-state index contributed by atoms with van der Waals surface area (Å²) in [5.41, 5.74) is 7.33. The lowest BCUT2D eigenvalue weighted by molar-refractivity contribution is -0.127. The Morgan fingerprint density at radius 1 is 1.33 bits per heavy atom. The molecular formula is C15H23Cl2N3O. The van der Waals surface area contributed by atoms with Crippen LogP contribution in [0.15, 0.2) is 24.5 Å². The highest BCUT2D eigenvalue weighted by Crippen LogP contribution is 2.47. The number of nitrogens with one attached hydrogen (secondary N) is 1. The molecule has 2 fully saturated rings. The lowest BCUT2D eigenvalue weighted by atomic mass is 9.84. The van der Waals surface area contributed by atoms with Crippen molar-refractivity contribution in [3.8, 4) is 0 Å². The van der Waals surface area contributed by atoms with E-state index in [-0.39, 0.29) is 42.7 Å². The third kappa shape index (κ3) is 3.87. The van der Waals surface area contributed by atoms with Crippen molar-refractivity contribution in [3.63, 3.8) is 0 Å². The van der Waals surface area contributed by atoms with Gasteiger partial charge >= 0.3 is 0 Å². The fraction of sp³-hybridized carbons (Fsp3) is 0.600. The van der Waals surface area contributed by atoms with E-state index in [4.69, 9.17) is 5.73 Å². The van der Waals surface area contributed by atoms with Crippen molar-refractivity contribution in [2.75, 3.05) is 6.54 Å². The third-order valence-electron chi connectivity index (χ3n) is 4.72. The number of hydrogen-bond acceptors (Lipinski definition) is 3. The molecule has 1 heterocycles. The summed E-state index contributed by atoms with van der Waals surface area (Å²) >= 11 is 0. The van der Waals surface area contributed by atoms with Crippen LogP contribution in [-0.2, 0) is 11.2 Å². The molecule has 2 aliphatic carbocycles. The number of aromatic nitrogens is 1. The van der Waals surface area contributed by atoms with Crippen molar-refractivity contribution in [2.45, 2.75) is 31.7 Å². The molecule has 6 heteroatoms. The maximum absolute atomic E-state index is 12.2. The van der Waals surface area contributed by atoms with Gasteiger partial charge in [0.1, 0.15) is 0 Å². The molecule has 4 nitrogen and oxygen atoms in total. The van der Waals surface area contributed by atoms with Crippen LogP contribution in [0.25, 0.3) is 0 Å². The molecule has 118 valence electrons. The van der Waals surface area contributed by atoms with Crippen LogP contribution in [0.2, 0.25) is 0 Å². The fourth-order valence-electron chi connectivity index (χ4n) is 3.72. The summed E-state index contributed by atoms with van der Waals surface area (Å²) in [4.78, 5) is 16.3. The van der Waals surface area contributed by atoms with E-state index in [1.165, 1.54) is 12.8 Å². The summed E-state index contributed by atoms with van der Waals surface area (Å²) in [5, 5.41) is 3.04. The minimum atomic E-state index is 0. The summed E-state index contributed by atoms with van der Waals surface area (Å²) in [7, 11) is 0. The van der Waals surface area contributed by atoms with E-state index >= 15 is 0 Å². The first-order valence-electron chi connectivity index (χ1n) is 7.18. The Labute approximate surface area is 138 Å². The van der Waals surface area contributed by atoms with Gasteiger partial charge in [0.15, 0.2) is 0 Å². The van der Waals surface area contributed by atoms with Gasteiger partial charge in [-0.1, -0.05) is 6.07 Å². The van der Waals surface area contributed by atoms with Gasteiger partial charge in [0.2, 0.25) is 5.91 Å². The van der Waals surface area contributed by atoms with Crippen molar-refractivity contribution in [1.82, 2.24) is 10.3 Å². The van der Waals surface area contributed by atoms with Gasteiger partial charge in [0, 0.05) is 25.0 Å². The summed E-state index contributed by atoms with van der Waals surface area (Å²) < 4.78 is 0. The van der Waals surface area contributed by atoms with E-state index < -0.39 is 0 Å². The molecule has 2 bridgehead atoms. The Morgan fingerprint density at radius 2 is 2.10 bits per heavy atom. The Morgan fingerprint density at radius 3 is 2.71 bits per heavy atom. The molecule has 0 aromatic carbocycles. The molecule has 2 aliphatic rings. The molecule has 21 heavy (non-hydrogen) atoms. The van der Waals surface area contributed by atoms with Crippen LogP contribution in [0.3, 0.4) is 0 Å². The highest BCUT2D eigenvalue weighted by atomic mass is 35.5. The number of fused-ring (bicyclic) bond motifs is 2. The van der Waals surface area contributed by atoms with Crippen molar-refractivity contribution in [2.24, 2.45) is 23.5 Å². The lowest BCUT2D eigenvalue weighted by Gasteiger charge is -2.27. The monoisotopic (exact) mass is 331 g/mol. The number of rotatable bonds is 4.